The Morgan fingerprint density at radius 3 is 2.21 bits per heavy atom. The van der Waals surface area contributed by atoms with Crippen molar-refractivity contribution in [2.45, 2.75) is 45.1 Å². The van der Waals surface area contributed by atoms with E-state index in [4.69, 9.17) is 25.5 Å². The summed E-state index contributed by atoms with van der Waals surface area (Å²) >= 11 is 5.80. The smallest absolute Gasteiger partial charge is 0.261 e. The van der Waals surface area contributed by atoms with Crippen LogP contribution in [0.2, 0.25) is 6.04 Å². The van der Waals surface area contributed by atoms with Crippen molar-refractivity contribution in [1.82, 2.24) is 0 Å². The molecule has 14 heavy (non-hydrogen) atoms. The van der Waals surface area contributed by atoms with E-state index in [-0.39, 0.29) is 5.38 Å². The fourth-order valence-corrected chi connectivity index (χ4v) is 2.01. The van der Waals surface area contributed by atoms with Gasteiger partial charge < -0.3 is 13.9 Å². The van der Waals surface area contributed by atoms with Gasteiger partial charge in [0.15, 0.2) is 0 Å². The van der Waals surface area contributed by atoms with Crippen LogP contribution in [0.15, 0.2) is 0 Å². The van der Waals surface area contributed by atoms with Crippen LogP contribution in [-0.2, 0) is 13.9 Å². The van der Waals surface area contributed by atoms with Gasteiger partial charge in [0.25, 0.3) is 6.48 Å². The molecule has 0 aliphatic rings. The first-order valence-corrected chi connectivity index (χ1v) is 6.51. The molecule has 0 aliphatic carbocycles. The van der Waals surface area contributed by atoms with Crippen LogP contribution in [0.3, 0.4) is 0 Å². The zero-order valence-corrected chi connectivity index (χ0v) is 10.8. The van der Waals surface area contributed by atoms with Gasteiger partial charge in [0.1, 0.15) is 0 Å². The summed E-state index contributed by atoms with van der Waals surface area (Å²) in [4.78, 5) is 0. The van der Waals surface area contributed by atoms with E-state index in [0.717, 1.165) is 12.5 Å². The molecule has 0 aromatic rings. The van der Waals surface area contributed by atoms with Crippen molar-refractivity contribution in [3.8, 4) is 0 Å². The lowest BCUT2D eigenvalue weighted by atomic mass is 10.4. The van der Waals surface area contributed by atoms with Crippen molar-refractivity contribution in [3.05, 3.63) is 0 Å². The quantitative estimate of drug-likeness (QED) is 0.267. The monoisotopic (exact) mass is 238 g/mol. The summed E-state index contributed by atoms with van der Waals surface area (Å²) in [6, 6.07) is 0.960. The van der Waals surface area contributed by atoms with E-state index in [2.05, 4.69) is 0 Å². The molecule has 0 amide bonds. The van der Waals surface area contributed by atoms with Gasteiger partial charge in [0.2, 0.25) is 9.76 Å². The minimum Gasteiger partial charge on any atom is -0.372 e. The number of alkyl halides is 1. The van der Waals surface area contributed by atoms with E-state index in [1.54, 1.807) is 0 Å². The van der Waals surface area contributed by atoms with Crippen LogP contribution in [0, 0.1) is 0 Å². The Bertz CT molecular complexity index is 119. The molecule has 0 N–H and O–H groups in total. The maximum Gasteiger partial charge on any atom is 0.261 e. The average molecular weight is 239 g/mol. The topological polar surface area (TPSA) is 27.7 Å². The molecule has 1 atom stereocenters. The summed E-state index contributed by atoms with van der Waals surface area (Å²) in [5.74, 6) is 0. The fraction of sp³-hybridized carbons (Fsp3) is 1.00. The van der Waals surface area contributed by atoms with Gasteiger partial charge in [0, 0.05) is 18.6 Å². The van der Waals surface area contributed by atoms with E-state index in [9.17, 15) is 0 Å². The van der Waals surface area contributed by atoms with Crippen LogP contribution < -0.4 is 0 Å². The minimum absolute atomic E-state index is 0.212. The first-order chi connectivity index (χ1) is 6.70. The molecule has 0 heterocycles. The first kappa shape index (κ1) is 14.4. The molecule has 84 valence electrons. The van der Waals surface area contributed by atoms with Crippen molar-refractivity contribution in [3.63, 3.8) is 0 Å². The van der Waals surface area contributed by atoms with Crippen LogP contribution in [0.5, 0.6) is 0 Å². The largest absolute Gasteiger partial charge is 0.372 e. The molecular weight excluding hydrogens is 220 g/mol. The molecule has 0 rings (SSSR count). The highest BCUT2D eigenvalue weighted by molar-refractivity contribution is 6.27. The summed E-state index contributed by atoms with van der Waals surface area (Å²) in [5.41, 5.74) is 0. The number of halogens is 1. The van der Waals surface area contributed by atoms with Crippen molar-refractivity contribution in [1.29, 1.82) is 0 Å². The van der Waals surface area contributed by atoms with E-state index in [1.165, 1.54) is 0 Å². The van der Waals surface area contributed by atoms with Gasteiger partial charge in [-0.15, -0.1) is 11.6 Å². The Kier molecular flexibility index (Phi) is 10.2. The highest BCUT2D eigenvalue weighted by atomic mass is 35.5. The van der Waals surface area contributed by atoms with E-state index < -0.39 is 6.48 Å². The number of hydrogen-bond acceptors (Lipinski definition) is 3. The van der Waals surface area contributed by atoms with E-state index in [0.29, 0.717) is 23.0 Å². The van der Waals surface area contributed by atoms with E-state index in [1.807, 2.05) is 20.8 Å². The lowest BCUT2D eigenvalue weighted by Gasteiger charge is -2.16. The molecule has 0 saturated heterocycles. The SMILES string of the molecule is CCOC(OCC)O[Si]CCC(C)Cl. The third kappa shape index (κ3) is 8.96. The van der Waals surface area contributed by atoms with Crippen LogP contribution in [0.4, 0.5) is 0 Å². The summed E-state index contributed by atoms with van der Waals surface area (Å²) in [7, 11) is 0.391. The zero-order chi connectivity index (χ0) is 10.8. The summed E-state index contributed by atoms with van der Waals surface area (Å²) in [6.45, 7) is 6.50. The van der Waals surface area contributed by atoms with Crippen LogP contribution in [0.1, 0.15) is 27.2 Å². The van der Waals surface area contributed by atoms with Crippen molar-refractivity contribution in [2.24, 2.45) is 0 Å². The molecule has 1 unspecified atom stereocenters. The Balaban J connectivity index is 3.40. The summed E-state index contributed by atoms with van der Waals surface area (Å²) in [5, 5.41) is 0.212. The molecule has 0 fully saturated rings. The summed E-state index contributed by atoms with van der Waals surface area (Å²) in [6.07, 6.45) is 0.963. The standard InChI is InChI=1S/C9H19ClO3Si/c1-4-11-9(12-5-2)13-14-7-6-8(3)10/h8-9H,4-7H2,1-3H3. The number of hydrogen-bond donors (Lipinski definition) is 0. The number of rotatable bonds is 9. The summed E-state index contributed by atoms with van der Waals surface area (Å²) < 4.78 is 15.8. The normalized spacial score (nSPS) is 13.5. The third-order valence-corrected chi connectivity index (χ3v) is 2.50. The van der Waals surface area contributed by atoms with Crippen molar-refractivity contribution >= 4 is 21.4 Å². The molecule has 0 aromatic heterocycles. The van der Waals surface area contributed by atoms with Gasteiger partial charge >= 0.3 is 0 Å². The lowest BCUT2D eigenvalue weighted by molar-refractivity contribution is -0.243. The molecule has 2 radical (unpaired) electrons. The molecule has 0 saturated carbocycles. The second-order valence-corrected chi connectivity index (χ2v) is 4.55. The maximum absolute atomic E-state index is 5.80. The predicted octanol–water partition coefficient (Wildman–Crippen LogP) is 2.41. The maximum atomic E-state index is 5.80. The Labute approximate surface area is 94.0 Å². The van der Waals surface area contributed by atoms with E-state index >= 15 is 0 Å². The molecule has 0 bridgehead atoms. The van der Waals surface area contributed by atoms with Crippen LogP contribution in [0.25, 0.3) is 0 Å². The molecule has 0 spiro atoms. The Morgan fingerprint density at radius 1 is 1.21 bits per heavy atom. The van der Waals surface area contributed by atoms with Crippen molar-refractivity contribution in [2.75, 3.05) is 13.2 Å². The van der Waals surface area contributed by atoms with Gasteiger partial charge in [-0.1, -0.05) is 0 Å². The molecule has 5 heteroatoms. The van der Waals surface area contributed by atoms with Gasteiger partial charge in [-0.25, -0.2) is 0 Å². The van der Waals surface area contributed by atoms with Crippen LogP contribution in [-0.4, -0.2) is 34.8 Å². The van der Waals surface area contributed by atoms with Gasteiger partial charge in [-0.3, -0.25) is 0 Å². The lowest BCUT2D eigenvalue weighted by Crippen LogP contribution is -2.23. The molecular formula is C9H19ClO3Si. The first-order valence-electron chi connectivity index (χ1n) is 4.96. The molecule has 0 aromatic carbocycles. The Morgan fingerprint density at radius 2 is 1.79 bits per heavy atom. The third-order valence-electron chi connectivity index (χ3n) is 1.43. The zero-order valence-electron chi connectivity index (χ0n) is 9.09. The van der Waals surface area contributed by atoms with Gasteiger partial charge in [0.05, 0.1) is 0 Å². The number of ether oxygens (including phenoxy) is 2. The second kappa shape index (κ2) is 9.92. The van der Waals surface area contributed by atoms with Gasteiger partial charge in [-0.05, 0) is 33.2 Å². The highest BCUT2D eigenvalue weighted by Gasteiger charge is 2.08. The minimum atomic E-state index is -0.506. The van der Waals surface area contributed by atoms with Gasteiger partial charge in [-0.2, -0.15) is 0 Å². The fourth-order valence-electron chi connectivity index (χ4n) is 0.773. The Hall–Kier alpha value is 0.387. The average Bonchev–Trinajstić information content (AvgIpc) is 2.12. The molecule has 3 nitrogen and oxygen atoms in total. The molecule has 0 aliphatic heterocycles. The van der Waals surface area contributed by atoms with Crippen molar-refractivity contribution < 1.29 is 13.9 Å². The highest BCUT2D eigenvalue weighted by Crippen LogP contribution is 2.05. The van der Waals surface area contributed by atoms with Crippen LogP contribution >= 0.6 is 11.6 Å². The second-order valence-electron chi connectivity index (χ2n) is 2.78. The predicted molar refractivity (Wildman–Crippen MR) is 58.6 cm³/mol.